The number of fused-ring (bicyclic) bond motifs is 1. The van der Waals surface area contributed by atoms with Crippen molar-refractivity contribution in [3.8, 4) is 6.07 Å². The van der Waals surface area contributed by atoms with E-state index in [1.807, 2.05) is 19.9 Å². The number of nitriles is 1. The van der Waals surface area contributed by atoms with Gasteiger partial charge in [0.05, 0.1) is 24.1 Å². The molecule has 0 radical (unpaired) electrons. The Morgan fingerprint density at radius 3 is 2.52 bits per heavy atom. The third-order valence-corrected chi connectivity index (χ3v) is 6.31. The fourth-order valence-corrected chi connectivity index (χ4v) is 4.34. The highest BCUT2D eigenvalue weighted by Gasteiger charge is 2.25. The van der Waals surface area contributed by atoms with Crippen molar-refractivity contribution >= 4 is 44.8 Å². The van der Waals surface area contributed by atoms with Gasteiger partial charge in [0, 0.05) is 17.0 Å². The molecular weight excluding hydrogens is 416 g/mol. The van der Waals surface area contributed by atoms with Crippen LogP contribution in [0.1, 0.15) is 49.4 Å². The molecule has 2 heterocycles. The third kappa shape index (κ3) is 4.13. The molecule has 8 heteroatoms. The number of benzene rings is 1. The van der Waals surface area contributed by atoms with Gasteiger partial charge in [-0.15, -0.1) is 11.3 Å². The lowest BCUT2D eigenvalue weighted by atomic mass is 10.1. The molecule has 0 unspecified atom stereocenters. The van der Waals surface area contributed by atoms with E-state index in [4.69, 9.17) is 14.4 Å². The van der Waals surface area contributed by atoms with E-state index >= 15 is 0 Å². The summed E-state index contributed by atoms with van der Waals surface area (Å²) >= 11 is 1.14. The number of allylic oxidation sites excluding steroid dienone is 2. The summed E-state index contributed by atoms with van der Waals surface area (Å²) in [6, 6.07) is 6.53. The van der Waals surface area contributed by atoms with Gasteiger partial charge in [0.25, 0.3) is 5.91 Å². The highest BCUT2D eigenvalue weighted by molar-refractivity contribution is 7.18. The van der Waals surface area contributed by atoms with Crippen LogP contribution in [0.2, 0.25) is 0 Å². The zero-order valence-corrected chi connectivity index (χ0v) is 18.5. The summed E-state index contributed by atoms with van der Waals surface area (Å²) in [5.74, 6) is -1.46. The molecule has 1 N–H and O–H groups in total. The standard InChI is InChI=1S/C23H20N2O5S/c1-11(6-7-24)20-14(4)19(23(28)29-5)22(31-20)25-21(27)18-10-16(26)15-8-12(2)13(3)9-17(15)30-18/h6,8-10H,1-5H3,(H,25,27). The Labute approximate surface area is 182 Å². The molecule has 0 saturated carbocycles. The van der Waals surface area contributed by atoms with E-state index in [0.29, 0.717) is 27.0 Å². The van der Waals surface area contributed by atoms with Crippen LogP contribution in [0.25, 0.3) is 16.5 Å². The molecule has 0 fully saturated rings. The van der Waals surface area contributed by atoms with Crippen LogP contribution in [0, 0.1) is 32.1 Å². The fraction of sp³-hybridized carbons (Fsp3) is 0.217. The molecule has 1 aromatic carbocycles. The molecule has 0 saturated heterocycles. The highest BCUT2D eigenvalue weighted by atomic mass is 32.1. The van der Waals surface area contributed by atoms with Crippen LogP contribution in [0.4, 0.5) is 5.00 Å². The first-order valence-corrected chi connectivity index (χ1v) is 10.1. The van der Waals surface area contributed by atoms with Crippen LogP contribution in [0.5, 0.6) is 0 Å². The van der Waals surface area contributed by atoms with E-state index in [0.717, 1.165) is 28.5 Å². The maximum atomic E-state index is 12.9. The number of esters is 1. The van der Waals surface area contributed by atoms with E-state index in [9.17, 15) is 14.4 Å². The van der Waals surface area contributed by atoms with Crippen LogP contribution in [-0.4, -0.2) is 19.0 Å². The van der Waals surface area contributed by atoms with E-state index in [2.05, 4.69) is 5.32 Å². The van der Waals surface area contributed by atoms with Gasteiger partial charge in [-0.3, -0.25) is 9.59 Å². The Kier molecular flexibility index (Phi) is 6.09. The molecule has 0 aliphatic carbocycles. The first-order chi connectivity index (χ1) is 14.7. The molecule has 31 heavy (non-hydrogen) atoms. The number of ether oxygens (including phenoxy) is 1. The predicted octanol–water partition coefficient (Wildman–Crippen LogP) is 4.75. The molecule has 0 bridgehead atoms. The van der Waals surface area contributed by atoms with Gasteiger partial charge in [0.1, 0.15) is 10.6 Å². The topological polar surface area (TPSA) is 109 Å². The second kappa shape index (κ2) is 8.58. The lowest BCUT2D eigenvalue weighted by Gasteiger charge is -2.07. The van der Waals surface area contributed by atoms with Crippen LogP contribution < -0.4 is 10.7 Å². The largest absolute Gasteiger partial charge is 0.465 e. The summed E-state index contributed by atoms with van der Waals surface area (Å²) in [5.41, 5.74) is 3.28. The van der Waals surface area contributed by atoms with Crippen molar-refractivity contribution in [2.75, 3.05) is 12.4 Å². The monoisotopic (exact) mass is 436 g/mol. The number of thiophene rings is 1. The van der Waals surface area contributed by atoms with Crippen molar-refractivity contribution in [1.82, 2.24) is 0 Å². The summed E-state index contributed by atoms with van der Waals surface area (Å²) in [6.45, 7) is 7.23. The number of carbonyl (C=O) groups is 2. The highest BCUT2D eigenvalue weighted by Crippen LogP contribution is 2.37. The molecule has 0 spiro atoms. The van der Waals surface area contributed by atoms with E-state index in [1.165, 1.54) is 13.2 Å². The fourth-order valence-electron chi connectivity index (χ4n) is 3.18. The third-order valence-electron chi connectivity index (χ3n) is 4.97. The van der Waals surface area contributed by atoms with E-state index < -0.39 is 11.9 Å². The minimum atomic E-state index is -0.669. The first-order valence-electron chi connectivity index (χ1n) is 9.32. The molecule has 3 aromatic rings. The second-order valence-electron chi connectivity index (χ2n) is 7.07. The van der Waals surface area contributed by atoms with Crippen molar-refractivity contribution in [1.29, 1.82) is 5.26 Å². The molecular formula is C23H20N2O5S. The minimum Gasteiger partial charge on any atom is -0.465 e. The number of aryl methyl sites for hydroxylation is 2. The lowest BCUT2D eigenvalue weighted by Crippen LogP contribution is -2.16. The Hall–Kier alpha value is -3.70. The average molecular weight is 436 g/mol. The molecule has 0 aliphatic rings. The van der Waals surface area contributed by atoms with Gasteiger partial charge in [-0.1, -0.05) is 0 Å². The SMILES string of the molecule is COC(=O)c1c(NC(=O)c2cc(=O)c3cc(C)c(C)cc3o2)sc(C(C)=CC#N)c1C. The van der Waals surface area contributed by atoms with Crippen molar-refractivity contribution < 1.29 is 18.7 Å². The van der Waals surface area contributed by atoms with Gasteiger partial charge in [-0.25, -0.2) is 4.79 Å². The Bertz CT molecular complexity index is 1360. The maximum absolute atomic E-state index is 12.9. The van der Waals surface area contributed by atoms with Crippen molar-refractivity contribution in [3.05, 3.63) is 67.4 Å². The summed E-state index contributed by atoms with van der Waals surface area (Å²) < 4.78 is 10.5. The zero-order valence-electron chi connectivity index (χ0n) is 17.7. The molecule has 2 aromatic heterocycles. The Morgan fingerprint density at radius 1 is 1.19 bits per heavy atom. The first kappa shape index (κ1) is 22.0. The number of amides is 1. The number of methoxy groups -OCH3 is 1. The zero-order chi connectivity index (χ0) is 22.9. The number of hydrogen-bond acceptors (Lipinski definition) is 7. The van der Waals surface area contributed by atoms with Crippen LogP contribution in [0.15, 0.2) is 33.5 Å². The normalized spacial score (nSPS) is 11.3. The molecule has 3 rings (SSSR count). The molecule has 0 aliphatic heterocycles. The number of nitrogens with zero attached hydrogens (tertiary/aromatic N) is 1. The van der Waals surface area contributed by atoms with Crippen molar-refractivity contribution in [2.45, 2.75) is 27.7 Å². The van der Waals surface area contributed by atoms with Gasteiger partial charge in [-0.05, 0) is 62.1 Å². The maximum Gasteiger partial charge on any atom is 0.341 e. The van der Waals surface area contributed by atoms with E-state index in [1.54, 1.807) is 26.0 Å². The molecule has 158 valence electrons. The number of nitrogens with one attached hydrogen (secondary N) is 1. The molecule has 0 atom stereocenters. The van der Waals surface area contributed by atoms with Gasteiger partial charge in [0.15, 0.2) is 11.2 Å². The van der Waals surface area contributed by atoms with Crippen LogP contribution in [-0.2, 0) is 4.74 Å². The van der Waals surface area contributed by atoms with Gasteiger partial charge >= 0.3 is 5.97 Å². The summed E-state index contributed by atoms with van der Waals surface area (Å²) in [5, 5.41) is 12.2. The van der Waals surface area contributed by atoms with Gasteiger partial charge in [0.2, 0.25) is 0 Å². The van der Waals surface area contributed by atoms with Gasteiger partial charge in [-0.2, -0.15) is 5.26 Å². The summed E-state index contributed by atoms with van der Waals surface area (Å²) in [7, 11) is 1.25. The Balaban J connectivity index is 2.07. The number of rotatable bonds is 4. The number of carbonyl (C=O) groups excluding carboxylic acids is 2. The van der Waals surface area contributed by atoms with E-state index in [-0.39, 0.29) is 21.8 Å². The number of anilines is 1. The van der Waals surface area contributed by atoms with Crippen LogP contribution in [0.3, 0.4) is 0 Å². The lowest BCUT2D eigenvalue weighted by molar-refractivity contribution is 0.0601. The smallest absolute Gasteiger partial charge is 0.341 e. The predicted molar refractivity (Wildman–Crippen MR) is 120 cm³/mol. The molecule has 7 nitrogen and oxygen atoms in total. The average Bonchev–Trinajstić information content (AvgIpc) is 3.04. The number of hydrogen-bond donors (Lipinski definition) is 1. The van der Waals surface area contributed by atoms with Crippen LogP contribution >= 0.6 is 11.3 Å². The minimum absolute atomic E-state index is 0.173. The van der Waals surface area contributed by atoms with Crippen molar-refractivity contribution in [3.63, 3.8) is 0 Å². The Morgan fingerprint density at radius 2 is 1.87 bits per heavy atom. The summed E-state index contributed by atoms with van der Waals surface area (Å²) in [4.78, 5) is 38.4. The van der Waals surface area contributed by atoms with Gasteiger partial charge < -0.3 is 14.5 Å². The second-order valence-corrected chi connectivity index (χ2v) is 8.09. The quantitative estimate of drug-likeness (QED) is 0.467. The summed E-state index contributed by atoms with van der Waals surface area (Å²) in [6.07, 6.45) is 1.36. The van der Waals surface area contributed by atoms with Crippen molar-refractivity contribution in [2.24, 2.45) is 0 Å². The molecule has 1 amide bonds.